The number of halogens is 3. The summed E-state index contributed by atoms with van der Waals surface area (Å²) < 4.78 is 26.2. The van der Waals surface area contributed by atoms with Crippen molar-refractivity contribution in [3.8, 4) is 0 Å². The first-order valence-corrected chi connectivity index (χ1v) is 8.74. The summed E-state index contributed by atoms with van der Waals surface area (Å²) >= 11 is 17.6. The molecule has 2 rings (SSSR count). The molecule has 0 aliphatic carbocycles. The van der Waals surface area contributed by atoms with E-state index in [2.05, 4.69) is 0 Å². The van der Waals surface area contributed by atoms with Crippen molar-refractivity contribution < 1.29 is 18.3 Å². The Labute approximate surface area is 148 Å². The first-order chi connectivity index (χ1) is 10.7. The molecule has 5 nitrogen and oxygen atoms in total. The fourth-order valence-electron chi connectivity index (χ4n) is 1.84. The predicted octanol–water partition coefficient (Wildman–Crippen LogP) is 3.93. The Bertz CT molecular complexity index is 838. The Hall–Kier alpha value is -1.47. The van der Waals surface area contributed by atoms with Gasteiger partial charge in [0, 0.05) is 10.0 Å². The molecule has 0 spiro atoms. The summed E-state index contributed by atoms with van der Waals surface area (Å²) in [5.74, 6) is -1.33. The van der Waals surface area contributed by atoms with Crippen LogP contribution in [0, 0.1) is 0 Å². The summed E-state index contributed by atoms with van der Waals surface area (Å²) in [4.78, 5) is 11.0. The van der Waals surface area contributed by atoms with Gasteiger partial charge >= 0.3 is 5.97 Å². The Balaban J connectivity index is 2.57. The first-order valence-electron chi connectivity index (χ1n) is 6.17. The van der Waals surface area contributed by atoms with Crippen LogP contribution in [0.1, 0.15) is 0 Å². The molecule has 2 aromatic rings. The second-order valence-corrected chi connectivity index (χ2v) is 7.60. The third-order valence-corrected chi connectivity index (χ3v) is 5.42. The molecule has 0 atom stereocenters. The van der Waals surface area contributed by atoms with Crippen LogP contribution < -0.4 is 4.31 Å². The summed E-state index contributed by atoms with van der Waals surface area (Å²) in [5.41, 5.74) is 0.0217. The summed E-state index contributed by atoms with van der Waals surface area (Å²) in [5, 5.41) is 9.74. The van der Waals surface area contributed by atoms with Crippen LogP contribution in [0.2, 0.25) is 15.1 Å². The van der Waals surface area contributed by atoms with Crippen LogP contribution in [0.4, 0.5) is 5.69 Å². The van der Waals surface area contributed by atoms with Gasteiger partial charge in [0.2, 0.25) is 0 Å². The lowest BCUT2D eigenvalue weighted by Gasteiger charge is -2.23. The van der Waals surface area contributed by atoms with E-state index < -0.39 is 22.5 Å². The number of anilines is 1. The summed E-state index contributed by atoms with van der Waals surface area (Å²) in [6.45, 7) is -0.785. The maximum absolute atomic E-state index is 12.7. The minimum absolute atomic E-state index is 0.0217. The SMILES string of the molecule is O=C(O)CN(c1ccc(Cl)cc1Cl)S(=O)(=O)c1ccc(Cl)cc1. The molecule has 0 heterocycles. The monoisotopic (exact) mass is 393 g/mol. The average molecular weight is 395 g/mol. The van der Waals surface area contributed by atoms with Crippen molar-refractivity contribution in [2.24, 2.45) is 0 Å². The number of carboxylic acids is 1. The highest BCUT2D eigenvalue weighted by Crippen LogP contribution is 2.32. The molecular formula is C14H10Cl3NO4S. The highest BCUT2D eigenvalue weighted by Gasteiger charge is 2.28. The first kappa shape index (κ1) is 17.9. The number of benzene rings is 2. The van der Waals surface area contributed by atoms with Crippen LogP contribution in [0.3, 0.4) is 0 Å². The zero-order valence-electron chi connectivity index (χ0n) is 11.4. The van der Waals surface area contributed by atoms with Gasteiger partial charge in [-0.15, -0.1) is 0 Å². The molecule has 0 amide bonds. The smallest absolute Gasteiger partial charge is 0.324 e. The molecule has 0 bridgehead atoms. The van der Waals surface area contributed by atoms with E-state index in [0.717, 1.165) is 0 Å². The highest BCUT2D eigenvalue weighted by atomic mass is 35.5. The molecule has 2 aromatic carbocycles. The van der Waals surface area contributed by atoms with Crippen LogP contribution in [-0.2, 0) is 14.8 Å². The number of hydrogen-bond acceptors (Lipinski definition) is 3. The quantitative estimate of drug-likeness (QED) is 0.834. The number of carbonyl (C=O) groups is 1. The van der Waals surface area contributed by atoms with E-state index in [1.807, 2.05) is 0 Å². The second-order valence-electron chi connectivity index (χ2n) is 4.46. The lowest BCUT2D eigenvalue weighted by atomic mass is 10.3. The predicted molar refractivity (Wildman–Crippen MR) is 90.1 cm³/mol. The molecule has 0 aliphatic heterocycles. The highest BCUT2D eigenvalue weighted by molar-refractivity contribution is 7.92. The zero-order chi connectivity index (χ0) is 17.2. The van der Waals surface area contributed by atoms with Crippen molar-refractivity contribution in [3.63, 3.8) is 0 Å². The number of rotatable bonds is 5. The lowest BCUT2D eigenvalue weighted by molar-refractivity contribution is -0.135. The van der Waals surface area contributed by atoms with E-state index in [4.69, 9.17) is 39.9 Å². The third kappa shape index (κ3) is 4.09. The van der Waals surface area contributed by atoms with Crippen LogP contribution in [0.25, 0.3) is 0 Å². The normalized spacial score (nSPS) is 11.3. The van der Waals surface area contributed by atoms with Gasteiger partial charge < -0.3 is 5.11 Å². The van der Waals surface area contributed by atoms with Crippen LogP contribution in [-0.4, -0.2) is 26.0 Å². The molecule has 0 aliphatic rings. The van der Waals surface area contributed by atoms with Crippen LogP contribution >= 0.6 is 34.8 Å². The number of aliphatic carboxylic acids is 1. The Morgan fingerprint density at radius 1 is 1.00 bits per heavy atom. The molecule has 0 radical (unpaired) electrons. The molecule has 0 unspecified atom stereocenters. The largest absolute Gasteiger partial charge is 0.480 e. The molecule has 1 N–H and O–H groups in total. The molecule has 0 fully saturated rings. The van der Waals surface area contributed by atoms with E-state index >= 15 is 0 Å². The Morgan fingerprint density at radius 3 is 2.09 bits per heavy atom. The fourth-order valence-corrected chi connectivity index (χ4v) is 3.96. The van der Waals surface area contributed by atoms with Crippen molar-refractivity contribution in [1.29, 1.82) is 0 Å². The molecule has 9 heteroatoms. The zero-order valence-corrected chi connectivity index (χ0v) is 14.5. The maximum atomic E-state index is 12.7. The minimum atomic E-state index is -4.13. The molecule has 0 aromatic heterocycles. The topological polar surface area (TPSA) is 74.7 Å². The van der Waals surface area contributed by atoms with Crippen molar-refractivity contribution in [1.82, 2.24) is 0 Å². The summed E-state index contributed by atoms with van der Waals surface area (Å²) in [7, 11) is -4.13. The molecular weight excluding hydrogens is 385 g/mol. The van der Waals surface area contributed by atoms with E-state index in [0.29, 0.717) is 14.4 Å². The van der Waals surface area contributed by atoms with Crippen molar-refractivity contribution in [2.45, 2.75) is 4.90 Å². The minimum Gasteiger partial charge on any atom is -0.480 e. The van der Waals surface area contributed by atoms with E-state index in [1.165, 1.54) is 42.5 Å². The average Bonchev–Trinajstić information content (AvgIpc) is 2.45. The van der Waals surface area contributed by atoms with Crippen molar-refractivity contribution in [2.75, 3.05) is 10.8 Å². The maximum Gasteiger partial charge on any atom is 0.324 e. The lowest BCUT2D eigenvalue weighted by Crippen LogP contribution is -2.36. The van der Waals surface area contributed by atoms with E-state index in [9.17, 15) is 13.2 Å². The van der Waals surface area contributed by atoms with Crippen LogP contribution in [0.15, 0.2) is 47.4 Å². The van der Waals surface area contributed by atoms with E-state index in [-0.39, 0.29) is 15.6 Å². The standard InChI is InChI=1S/C14H10Cl3NO4S/c15-9-1-4-11(5-2-9)23(21,22)18(8-14(19)20)13-6-3-10(16)7-12(13)17/h1-7H,8H2,(H,19,20). The van der Waals surface area contributed by atoms with E-state index in [1.54, 1.807) is 0 Å². The summed E-state index contributed by atoms with van der Waals surface area (Å²) in [6, 6.07) is 9.49. The second kappa shape index (κ2) is 6.97. The number of sulfonamides is 1. The molecule has 0 saturated carbocycles. The van der Waals surface area contributed by atoms with Gasteiger partial charge in [0.25, 0.3) is 10.0 Å². The van der Waals surface area contributed by atoms with Gasteiger partial charge in [0.1, 0.15) is 6.54 Å². The van der Waals surface area contributed by atoms with Crippen molar-refractivity contribution >= 4 is 56.5 Å². The van der Waals surface area contributed by atoms with Gasteiger partial charge in [-0.1, -0.05) is 34.8 Å². The number of hydrogen-bond donors (Lipinski definition) is 1. The van der Waals surface area contributed by atoms with Gasteiger partial charge in [0.15, 0.2) is 0 Å². The van der Waals surface area contributed by atoms with Gasteiger partial charge in [-0.25, -0.2) is 8.42 Å². The number of nitrogens with zero attached hydrogens (tertiary/aromatic N) is 1. The molecule has 122 valence electrons. The van der Waals surface area contributed by atoms with Gasteiger partial charge in [0.05, 0.1) is 15.6 Å². The number of carboxylic acid groups (broad SMARTS) is 1. The summed E-state index contributed by atoms with van der Waals surface area (Å²) in [6.07, 6.45) is 0. The van der Waals surface area contributed by atoms with Crippen LogP contribution in [0.5, 0.6) is 0 Å². The van der Waals surface area contributed by atoms with Crippen molar-refractivity contribution in [3.05, 3.63) is 57.5 Å². The Morgan fingerprint density at radius 2 is 1.57 bits per heavy atom. The van der Waals surface area contributed by atoms with Gasteiger partial charge in [-0.3, -0.25) is 9.10 Å². The fraction of sp³-hybridized carbons (Fsp3) is 0.0714. The Kier molecular flexibility index (Phi) is 5.41. The third-order valence-electron chi connectivity index (χ3n) is 2.86. The van der Waals surface area contributed by atoms with Gasteiger partial charge in [-0.05, 0) is 42.5 Å². The molecule has 23 heavy (non-hydrogen) atoms. The molecule has 0 saturated heterocycles. The van der Waals surface area contributed by atoms with Gasteiger partial charge in [-0.2, -0.15) is 0 Å².